The van der Waals surface area contributed by atoms with Gasteiger partial charge in [0.2, 0.25) is 0 Å². The van der Waals surface area contributed by atoms with Gasteiger partial charge in [-0.3, -0.25) is 4.79 Å². The van der Waals surface area contributed by atoms with E-state index >= 15 is 0 Å². The van der Waals surface area contributed by atoms with Crippen LogP contribution in [-0.2, 0) is 4.79 Å². The molecule has 0 aliphatic rings. The molecule has 3 heteroatoms. The second-order valence-corrected chi connectivity index (χ2v) is 4.52. The highest BCUT2D eigenvalue weighted by Crippen LogP contribution is 2.11. The summed E-state index contributed by atoms with van der Waals surface area (Å²) in [4.78, 5) is 11.5. The second kappa shape index (κ2) is 8.56. The average molecular weight is 249 g/mol. The topological polar surface area (TPSA) is 38.3 Å². The Kier molecular flexibility index (Phi) is 6.92. The molecule has 0 unspecified atom stereocenters. The third-order valence-electron chi connectivity index (χ3n) is 2.71. The Morgan fingerprint density at radius 2 is 2.11 bits per heavy atom. The summed E-state index contributed by atoms with van der Waals surface area (Å²) in [6.07, 6.45) is 4.67. The van der Waals surface area contributed by atoms with E-state index < -0.39 is 0 Å². The third-order valence-corrected chi connectivity index (χ3v) is 2.71. The van der Waals surface area contributed by atoms with Gasteiger partial charge in [0.1, 0.15) is 5.75 Å². The van der Waals surface area contributed by atoms with E-state index in [1.54, 1.807) is 0 Å². The fourth-order valence-corrected chi connectivity index (χ4v) is 1.68. The summed E-state index contributed by atoms with van der Waals surface area (Å²) >= 11 is 0. The lowest BCUT2D eigenvalue weighted by Crippen LogP contribution is -2.29. The van der Waals surface area contributed by atoms with Crippen molar-refractivity contribution >= 4 is 5.91 Å². The molecule has 0 spiro atoms. The van der Waals surface area contributed by atoms with E-state index in [0.29, 0.717) is 0 Å². The number of unbranched alkanes of at least 4 members (excludes halogenated alkanes) is 3. The SMILES string of the molecule is CCCCCCNC(=O)COc1cccc(C)c1. The van der Waals surface area contributed by atoms with E-state index in [2.05, 4.69) is 12.2 Å². The van der Waals surface area contributed by atoms with Gasteiger partial charge in [0, 0.05) is 6.54 Å². The lowest BCUT2D eigenvalue weighted by molar-refractivity contribution is -0.123. The van der Waals surface area contributed by atoms with E-state index in [9.17, 15) is 4.79 Å². The molecule has 100 valence electrons. The molecule has 1 rings (SSSR count). The lowest BCUT2D eigenvalue weighted by Gasteiger charge is -2.07. The molecule has 1 aromatic rings. The van der Waals surface area contributed by atoms with Crippen LogP contribution < -0.4 is 10.1 Å². The molecule has 0 saturated carbocycles. The van der Waals surface area contributed by atoms with Crippen LogP contribution in [0.2, 0.25) is 0 Å². The van der Waals surface area contributed by atoms with Gasteiger partial charge < -0.3 is 10.1 Å². The Morgan fingerprint density at radius 1 is 1.28 bits per heavy atom. The first-order valence-corrected chi connectivity index (χ1v) is 6.68. The van der Waals surface area contributed by atoms with Gasteiger partial charge >= 0.3 is 0 Å². The number of ether oxygens (including phenoxy) is 1. The van der Waals surface area contributed by atoms with Crippen molar-refractivity contribution in [1.82, 2.24) is 5.32 Å². The highest BCUT2D eigenvalue weighted by molar-refractivity contribution is 5.77. The number of nitrogens with one attached hydrogen (secondary N) is 1. The monoisotopic (exact) mass is 249 g/mol. The van der Waals surface area contributed by atoms with E-state index in [4.69, 9.17) is 4.74 Å². The minimum atomic E-state index is -0.0481. The van der Waals surface area contributed by atoms with Crippen LogP contribution in [0.25, 0.3) is 0 Å². The minimum absolute atomic E-state index is 0.0481. The fraction of sp³-hybridized carbons (Fsp3) is 0.533. The van der Waals surface area contributed by atoms with Crippen LogP contribution >= 0.6 is 0 Å². The number of hydrogen-bond donors (Lipinski definition) is 1. The number of hydrogen-bond acceptors (Lipinski definition) is 2. The zero-order valence-corrected chi connectivity index (χ0v) is 11.4. The van der Waals surface area contributed by atoms with Crippen molar-refractivity contribution in [2.24, 2.45) is 0 Å². The van der Waals surface area contributed by atoms with Gasteiger partial charge in [-0.05, 0) is 31.0 Å². The number of amides is 1. The van der Waals surface area contributed by atoms with E-state index in [0.717, 1.165) is 24.3 Å². The van der Waals surface area contributed by atoms with Gasteiger partial charge in [-0.15, -0.1) is 0 Å². The molecular formula is C15H23NO2. The van der Waals surface area contributed by atoms with Crippen molar-refractivity contribution in [2.45, 2.75) is 39.5 Å². The molecule has 0 aromatic heterocycles. The first kappa shape index (κ1) is 14.6. The number of carbonyl (C=O) groups excluding carboxylic acids is 1. The first-order chi connectivity index (χ1) is 8.72. The Bertz CT molecular complexity index is 363. The second-order valence-electron chi connectivity index (χ2n) is 4.52. The summed E-state index contributed by atoms with van der Waals surface area (Å²) in [6.45, 7) is 5.02. The lowest BCUT2D eigenvalue weighted by atomic mass is 10.2. The molecule has 0 atom stereocenters. The van der Waals surface area contributed by atoms with Gasteiger partial charge in [0.25, 0.3) is 5.91 Å². The van der Waals surface area contributed by atoms with Crippen molar-refractivity contribution in [3.63, 3.8) is 0 Å². The summed E-state index contributed by atoms with van der Waals surface area (Å²) in [5.74, 6) is 0.698. The van der Waals surface area contributed by atoms with Crippen LogP contribution in [0.5, 0.6) is 5.75 Å². The van der Waals surface area contributed by atoms with Gasteiger partial charge in [-0.25, -0.2) is 0 Å². The van der Waals surface area contributed by atoms with Gasteiger partial charge in [-0.2, -0.15) is 0 Å². The number of carbonyl (C=O) groups is 1. The number of rotatable bonds is 8. The van der Waals surface area contributed by atoms with Crippen molar-refractivity contribution in [3.8, 4) is 5.75 Å². The normalized spacial score (nSPS) is 10.1. The van der Waals surface area contributed by atoms with Crippen LogP contribution in [0.1, 0.15) is 38.2 Å². The van der Waals surface area contributed by atoms with E-state index in [1.165, 1.54) is 19.3 Å². The molecule has 0 aliphatic heterocycles. The van der Waals surface area contributed by atoms with Gasteiger partial charge in [-0.1, -0.05) is 38.3 Å². The molecule has 18 heavy (non-hydrogen) atoms. The molecule has 0 saturated heterocycles. The number of benzene rings is 1. The average Bonchev–Trinajstić information content (AvgIpc) is 2.36. The van der Waals surface area contributed by atoms with E-state index in [-0.39, 0.29) is 12.5 Å². The summed E-state index contributed by atoms with van der Waals surface area (Å²) < 4.78 is 5.41. The fourth-order valence-electron chi connectivity index (χ4n) is 1.68. The highest BCUT2D eigenvalue weighted by atomic mass is 16.5. The van der Waals surface area contributed by atoms with Crippen LogP contribution in [0, 0.1) is 6.92 Å². The number of aryl methyl sites for hydroxylation is 1. The predicted molar refractivity (Wildman–Crippen MR) is 73.8 cm³/mol. The maximum Gasteiger partial charge on any atom is 0.257 e. The zero-order chi connectivity index (χ0) is 13.2. The Balaban J connectivity index is 2.13. The summed E-state index contributed by atoms with van der Waals surface area (Å²) in [5, 5.41) is 2.86. The summed E-state index contributed by atoms with van der Waals surface area (Å²) in [7, 11) is 0. The zero-order valence-electron chi connectivity index (χ0n) is 11.4. The van der Waals surface area contributed by atoms with Crippen LogP contribution in [0.15, 0.2) is 24.3 Å². The maximum absolute atomic E-state index is 11.5. The molecular weight excluding hydrogens is 226 g/mol. The molecule has 0 aliphatic carbocycles. The predicted octanol–water partition coefficient (Wildman–Crippen LogP) is 3.07. The van der Waals surface area contributed by atoms with Gasteiger partial charge in [0.15, 0.2) is 6.61 Å². The molecule has 1 amide bonds. The van der Waals surface area contributed by atoms with Crippen LogP contribution in [-0.4, -0.2) is 19.1 Å². The Labute approximate surface area is 110 Å². The minimum Gasteiger partial charge on any atom is -0.484 e. The molecule has 0 radical (unpaired) electrons. The molecule has 0 fully saturated rings. The molecule has 1 N–H and O–H groups in total. The van der Waals surface area contributed by atoms with Crippen molar-refractivity contribution in [3.05, 3.63) is 29.8 Å². The smallest absolute Gasteiger partial charge is 0.257 e. The van der Waals surface area contributed by atoms with Crippen molar-refractivity contribution in [2.75, 3.05) is 13.2 Å². The van der Waals surface area contributed by atoms with Gasteiger partial charge in [0.05, 0.1) is 0 Å². The van der Waals surface area contributed by atoms with E-state index in [1.807, 2.05) is 31.2 Å². The highest BCUT2D eigenvalue weighted by Gasteiger charge is 2.01. The quantitative estimate of drug-likeness (QED) is 0.719. The summed E-state index contributed by atoms with van der Waals surface area (Å²) in [5.41, 5.74) is 1.13. The van der Waals surface area contributed by atoms with Crippen LogP contribution in [0.4, 0.5) is 0 Å². The largest absolute Gasteiger partial charge is 0.484 e. The maximum atomic E-state index is 11.5. The Morgan fingerprint density at radius 3 is 2.83 bits per heavy atom. The van der Waals surface area contributed by atoms with Crippen molar-refractivity contribution in [1.29, 1.82) is 0 Å². The first-order valence-electron chi connectivity index (χ1n) is 6.68. The Hall–Kier alpha value is -1.51. The molecule has 3 nitrogen and oxygen atoms in total. The standard InChI is InChI=1S/C15H23NO2/c1-3-4-5-6-10-16-15(17)12-18-14-9-7-8-13(2)11-14/h7-9,11H,3-6,10,12H2,1-2H3,(H,16,17). The molecule has 1 aromatic carbocycles. The molecule has 0 bridgehead atoms. The molecule has 0 heterocycles. The third kappa shape index (κ3) is 6.28. The van der Waals surface area contributed by atoms with Crippen LogP contribution in [0.3, 0.4) is 0 Å². The van der Waals surface area contributed by atoms with Crippen molar-refractivity contribution < 1.29 is 9.53 Å². The summed E-state index contributed by atoms with van der Waals surface area (Å²) in [6, 6.07) is 7.71.